The number of aromatic nitrogens is 1. The van der Waals surface area contributed by atoms with Crippen LogP contribution < -0.4 is 11.1 Å². The topological polar surface area (TPSA) is 91.2 Å². The summed E-state index contributed by atoms with van der Waals surface area (Å²) in [5.41, 5.74) is 7.11. The maximum Gasteiger partial charge on any atom is 0.416 e. The predicted octanol–water partition coefficient (Wildman–Crippen LogP) is 3.33. The van der Waals surface area contributed by atoms with Gasteiger partial charge < -0.3 is 20.9 Å². The Balaban J connectivity index is 1.83. The molecule has 0 aliphatic carbocycles. The molecule has 1 aromatic heterocycles. The number of nitrogens with zero attached hydrogens (tertiary/aromatic N) is 1. The minimum absolute atomic E-state index is 0.301. The van der Waals surface area contributed by atoms with Crippen molar-refractivity contribution in [3.8, 4) is 0 Å². The van der Waals surface area contributed by atoms with E-state index in [1.807, 2.05) is 24.3 Å². The van der Waals surface area contributed by atoms with Gasteiger partial charge in [0.1, 0.15) is 0 Å². The van der Waals surface area contributed by atoms with Crippen LogP contribution in [0.3, 0.4) is 0 Å². The predicted molar refractivity (Wildman–Crippen MR) is 105 cm³/mol. The second-order valence-electron chi connectivity index (χ2n) is 7.14. The smallest absolute Gasteiger partial charge is 0.356 e. The van der Waals surface area contributed by atoms with E-state index in [1.165, 1.54) is 11.0 Å². The maximum absolute atomic E-state index is 13.3. The van der Waals surface area contributed by atoms with Crippen molar-refractivity contribution >= 4 is 22.8 Å². The third-order valence-corrected chi connectivity index (χ3v) is 5.30. The Morgan fingerprint density at radius 3 is 2.67 bits per heavy atom. The van der Waals surface area contributed by atoms with E-state index >= 15 is 0 Å². The fourth-order valence-corrected chi connectivity index (χ4v) is 4.01. The van der Waals surface area contributed by atoms with Gasteiger partial charge in [-0.1, -0.05) is 30.3 Å². The van der Waals surface area contributed by atoms with Gasteiger partial charge in [0.15, 0.2) is 0 Å². The number of nitrogens with one attached hydrogen (secondary N) is 2. The SMILES string of the molecule is NC(=O)NCC(=O)N1CCc2c([nH]c3ccccc23)C1c1cccc(C(F)(F)F)c1. The molecule has 6 nitrogen and oxygen atoms in total. The second-order valence-corrected chi connectivity index (χ2v) is 7.14. The molecule has 3 amide bonds. The lowest BCUT2D eigenvalue weighted by molar-refractivity contribution is -0.137. The van der Waals surface area contributed by atoms with Crippen LogP contribution in [0.15, 0.2) is 48.5 Å². The molecule has 2 aromatic carbocycles. The molecule has 4 rings (SSSR count). The van der Waals surface area contributed by atoms with Gasteiger partial charge in [0.25, 0.3) is 0 Å². The zero-order valence-electron chi connectivity index (χ0n) is 15.8. The number of primary amides is 1. The number of benzene rings is 2. The molecule has 30 heavy (non-hydrogen) atoms. The molecule has 156 valence electrons. The van der Waals surface area contributed by atoms with Crippen molar-refractivity contribution in [3.63, 3.8) is 0 Å². The number of hydrogen-bond donors (Lipinski definition) is 3. The zero-order valence-corrected chi connectivity index (χ0v) is 15.8. The Morgan fingerprint density at radius 2 is 1.93 bits per heavy atom. The monoisotopic (exact) mass is 416 g/mol. The number of urea groups is 1. The molecule has 0 saturated heterocycles. The summed E-state index contributed by atoms with van der Waals surface area (Å²) < 4.78 is 39.9. The van der Waals surface area contributed by atoms with Crippen molar-refractivity contribution in [2.24, 2.45) is 5.73 Å². The number of H-pyrrole nitrogens is 1. The summed E-state index contributed by atoms with van der Waals surface area (Å²) in [6, 6.07) is 11.0. The number of nitrogens with two attached hydrogens (primary N) is 1. The Hall–Kier alpha value is -3.49. The fourth-order valence-electron chi connectivity index (χ4n) is 4.01. The molecule has 0 fully saturated rings. The number of rotatable bonds is 3. The van der Waals surface area contributed by atoms with Gasteiger partial charge in [0.2, 0.25) is 5.91 Å². The van der Waals surface area contributed by atoms with E-state index in [1.54, 1.807) is 6.07 Å². The summed E-state index contributed by atoms with van der Waals surface area (Å²) in [5.74, 6) is -0.430. The Labute approximate surface area is 169 Å². The van der Waals surface area contributed by atoms with Crippen LogP contribution in [0.1, 0.15) is 28.4 Å². The average molecular weight is 416 g/mol. The molecule has 1 aliphatic heterocycles. The van der Waals surface area contributed by atoms with Crippen LogP contribution in [0.25, 0.3) is 10.9 Å². The third kappa shape index (κ3) is 3.58. The van der Waals surface area contributed by atoms with E-state index in [-0.39, 0.29) is 6.54 Å². The second kappa shape index (κ2) is 7.40. The third-order valence-electron chi connectivity index (χ3n) is 5.30. The summed E-state index contributed by atoms with van der Waals surface area (Å²) in [6.07, 6.45) is -3.96. The standard InChI is InChI=1S/C21H19F3N4O2/c22-21(23,24)13-5-3-4-12(10-13)19-18-15(14-6-1-2-7-16(14)27-18)8-9-28(19)17(29)11-26-20(25)30/h1-7,10,19,27H,8-9,11H2,(H3,25,26,30). The molecule has 0 bridgehead atoms. The number of alkyl halides is 3. The van der Waals surface area contributed by atoms with Crippen LogP contribution in [0.5, 0.6) is 0 Å². The van der Waals surface area contributed by atoms with Crippen molar-refractivity contribution in [1.29, 1.82) is 0 Å². The first-order valence-corrected chi connectivity index (χ1v) is 9.35. The fraction of sp³-hybridized carbons (Fsp3) is 0.238. The van der Waals surface area contributed by atoms with Crippen LogP contribution in [0, 0.1) is 0 Å². The number of carbonyl (C=O) groups is 2. The summed E-state index contributed by atoms with van der Waals surface area (Å²) in [5, 5.41) is 3.24. The van der Waals surface area contributed by atoms with Crippen LogP contribution in [-0.4, -0.2) is 34.9 Å². The molecule has 1 atom stereocenters. The minimum Gasteiger partial charge on any atom is -0.356 e. The lowest BCUT2D eigenvalue weighted by Crippen LogP contribution is -2.46. The molecule has 9 heteroatoms. The highest BCUT2D eigenvalue weighted by Gasteiger charge is 2.36. The van der Waals surface area contributed by atoms with E-state index in [4.69, 9.17) is 5.73 Å². The number of amides is 3. The Kier molecular flexibility index (Phi) is 4.89. The molecule has 2 heterocycles. The summed E-state index contributed by atoms with van der Waals surface area (Å²) in [7, 11) is 0. The summed E-state index contributed by atoms with van der Waals surface area (Å²) in [6.45, 7) is -0.0323. The first-order chi connectivity index (χ1) is 14.3. The summed E-state index contributed by atoms with van der Waals surface area (Å²) >= 11 is 0. The largest absolute Gasteiger partial charge is 0.416 e. The lowest BCUT2D eigenvalue weighted by Gasteiger charge is -2.36. The van der Waals surface area contributed by atoms with Crippen molar-refractivity contribution in [2.45, 2.75) is 18.6 Å². The van der Waals surface area contributed by atoms with Crippen LogP contribution in [-0.2, 0) is 17.4 Å². The highest BCUT2D eigenvalue weighted by Crippen LogP contribution is 2.40. The van der Waals surface area contributed by atoms with Crippen molar-refractivity contribution < 1.29 is 22.8 Å². The molecular formula is C21H19F3N4O2. The average Bonchev–Trinajstić information content (AvgIpc) is 3.09. The first kappa shape index (κ1) is 19.8. The normalized spacial score (nSPS) is 16.4. The van der Waals surface area contributed by atoms with E-state index in [0.717, 1.165) is 28.6 Å². The zero-order chi connectivity index (χ0) is 21.5. The van der Waals surface area contributed by atoms with Crippen molar-refractivity contribution in [3.05, 3.63) is 70.9 Å². The number of fused-ring (bicyclic) bond motifs is 3. The number of hydrogen-bond acceptors (Lipinski definition) is 2. The minimum atomic E-state index is -4.50. The van der Waals surface area contributed by atoms with E-state index in [2.05, 4.69) is 10.3 Å². The number of carbonyl (C=O) groups excluding carboxylic acids is 2. The highest BCUT2D eigenvalue weighted by molar-refractivity contribution is 5.88. The molecule has 1 unspecified atom stereocenters. The van der Waals surface area contributed by atoms with E-state index < -0.39 is 29.7 Å². The molecule has 3 aromatic rings. The van der Waals surface area contributed by atoms with Crippen molar-refractivity contribution in [2.75, 3.05) is 13.1 Å². The van der Waals surface area contributed by atoms with Crippen LogP contribution in [0.4, 0.5) is 18.0 Å². The van der Waals surface area contributed by atoms with Gasteiger partial charge in [-0.25, -0.2) is 4.79 Å². The van der Waals surface area contributed by atoms with Gasteiger partial charge in [-0.3, -0.25) is 4.79 Å². The van der Waals surface area contributed by atoms with Crippen LogP contribution >= 0.6 is 0 Å². The molecule has 1 aliphatic rings. The van der Waals surface area contributed by atoms with Gasteiger partial charge in [0, 0.05) is 23.1 Å². The Bertz CT molecular complexity index is 1120. The van der Waals surface area contributed by atoms with E-state index in [0.29, 0.717) is 24.2 Å². The van der Waals surface area contributed by atoms with E-state index in [9.17, 15) is 22.8 Å². The van der Waals surface area contributed by atoms with Gasteiger partial charge >= 0.3 is 12.2 Å². The molecule has 0 radical (unpaired) electrons. The first-order valence-electron chi connectivity index (χ1n) is 9.35. The van der Waals surface area contributed by atoms with Crippen molar-refractivity contribution in [1.82, 2.24) is 15.2 Å². The molecule has 4 N–H and O–H groups in total. The molecule has 0 spiro atoms. The lowest BCUT2D eigenvalue weighted by atomic mass is 9.91. The molecule has 0 saturated carbocycles. The van der Waals surface area contributed by atoms with Crippen LogP contribution in [0.2, 0.25) is 0 Å². The Morgan fingerprint density at radius 1 is 1.17 bits per heavy atom. The van der Waals surface area contributed by atoms with Gasteiger partial charge in [0.05, 0.1) is 18.2 Å². The molecular weight excluding hydrogens is 397 g/mol. The maximum atomic E-state index is 13.3. The number of para-hydroxylation sites is 1. The number of aromatic amines is 1. The quantitative estimate of drug-likeness (QED) is 0.611. The van der Waals surface area contributed by atoms with Gasteiger partial charge in [-0.05, 0) is 35.7 Å². The van der Waals surface area contributed by atoms with Gasteiger partial charge in [-0.15, -0.1) is 0 Å². The highest BCUT2D eigenvalue weighted by atomic mass is 19.4. The number of halogens is 3. The summed E-state index contributed by atoms with van der Waals surface area (Å²) in [4.78, 5) is 28.6. The van der Waals surface area contributed by atoms with Gasteiger partial charge in [-0.2, -0.15) is 13.2 Å².